The number of aryl methyl sites for hydroxylation is 2. The van der Waals surface area contributed by atoms with Crippen molar-refractivity contribution in [2.24, 2.45) is 7.05 Å². The van der Waals surface area contributed by atoms with E-state index < -0.39 is 8.07 Å². The smallest absolute Gasteiger partial charge is 0.200 e. The Hall–Kier alpha value is -1.93. The zero-order chi connectivity index (χ0) is 24.7. The van der Waals surface area contributed by atoms with Crippen molar-refractivity contribution in [1.82, 2.24) is 0 Å². The van der Waals surface area contributed by atoms with E-state index in [1.54, 1.807) is 10.8 Å². The fourth-order valence-corrected chi connectivity index (χ4v) is 12.1. The van der Waals surface area contributed by atoms with Crippen LogP contribution in [-0.4, -0.2) is 8.07 Å². The first-order chi connectivity index (χ1) is 16.1. The minimum Gasteiger partial charge on any atom is -0.200 e. The molecule has 1 fully saturated rings. The highest BCUT2D eigenvalue weighted by atomic mass is 28.3. The van der Waals surface area contributed by atoms with E-state index in [0.717, 1.165) is 5.92 Å². The summed E-state index contributed by atoms with van der Waals surface area (Å²) in [6, 6.07) is 17.4. The molecule has 0 aliphatic heterocycles. The topological polar surface area (TPSA) is 3.88 Å². The Kier molecular flexibility index (Phi) is 7.11. The maximum atomic E-state index is 2.55. The third-order valence-corrected chi connectivity index (χ3v) is 16.1. The summed E-state index contributed by atoms with van der Waals surface area (Å²) in [5.41, 5.74) is 7.21. The van der Waals surface area contributed by atoms with Crippen molar-refractivity contribution >= 4 is 24.0 Å². The molecule has 1 aliphatic rings. The second-order valence-electron chi connectivity index (χ2n) is 12.0. The van der Waals surface area contributed by atoms with Crippen LogP contribution in [0.4, 0.5) is 0 Å². The summed E-state index contributed by atoms with van der Waals surface area (Å²) in [6.07, 6.45) is 9.14. The van der Waals surface area contributed by atoms with Crippen molar-refractivity contribution in [3.05, 3.63) is 59.3 Å². The first kappa shape index (κ1) is 25.2. The van der Waals surface area contributed by atoms with E-state index in [1.165, 1.54) is 77.3 Å². The number of rotatable bonds is 5. The van der Waals surface area contributed by atoms with Gasteiger partial charge in [0.25, 0.3) is 0 Å². The molecule has 1 heterocycles. The van der Waals surface area contributed by atoms with Gasteiger partial charge in [-0.25, -0.2) is 4.57 Å². The predicted octanol–water partition coefficient (Wildman–Crippen LogP) is 8.49. The van der Waals surface area contributed by atoms with Gasteiger partial charge in [0.1, 0.15) is 7.05 Å². The number of pyridine rings is 1. The average molecular weight is 473 g/mol. The standard InChI is InChI=1S/C32H46NSi/c1-9-34(10-2,32(5,6)7)28-16-17-29-26(21-28)18-19-33(8)31(29)30-22-27(20-23(3)24(30)4)25-14-12-11-13-15-25/h16-22,25H,9-15H2,1-8H3/q+1. The van der Waals surface area contributed by atoms with Crippen LogP contribution >= 0.6 is 0 Å². The SMILES string of the molecule is CC[Si](CC)(c1ccc2c(-c3cc(C4CCCCC4)cc(C)c3C)[n+](C)ccc2c1)C(C)(C)C. The molecule has 182 valence electrons. The van der Waals surface area contributed by atoms with Crippen molar-refractivity contribution in [2.45, 2.75) is 104 Å². The second kappa shape index (κ2) is 9.61. The van der Waals surface area contributed by atoms with Crippen molar-refractivity contribution in [2.75, 3.05) is 0 Å². The van der Waals surface area contributed by atoms with Crippen molar-refractivity contribution in [3.63, 3.8) is 0 Å². The Balaban J connectivity index is 1.91. The summed E-state index contributed by atoms with van der Waals surface area (Å²) in [5.74, 6) is 0.728. The van der Waals surface area contributed by atoms with E-state index in [2.05, 4.69) is 103 Å². The van der Waals surface area contributed by atoms with Crippen molar-refractivity contribution in [3.8, 4) is 11.3 Å². The number of benzene rings is 2. The van der Waals surface area contributed by atoms with Gasteiger partial charge < -0.3 is 0 Å². The molecule has 0 radical (unpaired) electrons. The first-order valence-electron chi connectivity index (χ1n) is 13.7. The van der Waals surface area contributed by atoms with Crippen LogP contribution < -0.4 is 9.75 Å². The zero-order valence-corrected chi connectivity index (χ0v) is 24.0. The molecule has 0 atom stereocenters. The lowest BCUT2D eigenvalue weighted by Gasteiger charge is -2.42. The van der Waals surface area contributed by atoms with Crippen LogP contribution in [0.15, 0.2) is 42.6 Å². The summed E-state index contributed by atoms with van der Waals surface area (Å²) in [6.45, 7) is 16.9. The molecule has 2 aromatic carbocycles. The Bertz CT molecular complexity index is 1170. The van der Waals surface area contributed by atoms with Crippen LogP contribution in [0.1, 0.15) is 89.3 Å². The normalized spacial score (nSPS) is 15.8. The fourth-order valence-electron chi connectivity index (χ4n) is 6.96. The second-order valence-corrected chi connectivity index (χ2v) is 17.6. The van der Waals surface area contributed by atoms with Crippen molar-refractivity contribution < 1.29 is 4.57 Å². The number of hydrogen-bond acceptors (Lipinski definition) is 0. The highest BCUT2D eigenvalue weighted by Gasteiger charge is 2.42. The number of nitrogens with zero attached hydrogens (tertiary/aromatic N) is 1. The molecule has 0 spiro atoms. The van der Waals surface area contributed by atoms with E-state index in [4.69, 9.17) is 0 Å². The Morgan fingerprint density at radius 1 is 0.912 bits per heavy atom. The molecule has 1 nitrogen and oxygen atoms in total. The van der Waals surface area contributed by atoms with E-state index in [9.17, 15) is 0 Å². The van der Waals surface area contributed by atoms with E-state index in [-0.39, 0.29) is 0 Å². The lowest BCUT2D eigenvalue weighted by Crippen LogP contribution is -2.53. The molecule has 0 amide bonds. The van der Waals surface area contributed by atoms with Gasteiger partial charge >= 0.3 is 0 Å². The van der Waals surface area contributed by atoms with Gasteiger partial charge in [-0.1, -0.05) is 89.4 Å². The number of fused-ring (bicyclic) bond motifs is 1. The molecular weight excluding hydrogens is 426 g/mol. The van der Waals surface area contributed by atoms with Gasteiger partial charge in [0.15, 0.2) is 6.20 Å². The zero-order valence-electron chi connectivity index (χ0n) is 23.0. The Morgan fingerprint density at radius 2 is 1.59 bits per heavy atom. The molecule has 1 saturated carbocycles. The molecule has 0 N–H and O–H groups in total. The minimum atomic E-state index is -1.61. The molecule has 3 aromatic rings. The van der Waals surface area contributed by atoms with Crippen LogP contribution in [0.2, 0.25) is 17.1 Å². The van der Waals surface area contributed by atoms with Gasteiger partial charge in [-0.3, -0.25) is 0 Å². The van der Waals surface area contributed by atoms with Gasteiger partial charge in [-0.05, 0) is 71.9 Å². The summed E-state index contributed by atoms with van der Waals surface area (Å²) >= 11 is 0. The fraction of sp³-hybridized carbons (Fsp3) is 0.531. The molecule has 1 aliphatic carbocycles. The van der Waals surface area contributed by atoms with Crippen LogP contribution in [-0.2, 0) is 7.05 Å². The number of hydrogen-bond donors (Lipinski definition) is 0. The molecule has 2 heteroatoms. The van der Waals surface area contributed by atoms with Crippen LogP contribution in [0.25, 0.3) is 22.0 Å². The van der Waals surface area contributed by atoms with E-state index in [1.807, 2.05) is 0 Å². The highest BCUT2D eigenvalue weighted by Crippen LogP contribution is 2.42. The van der Waals surface area contributed by atoms with Gasteiger partial charge in [0, 0.05) is 6.07 Å². The monoisotopic (exact) mass is 472 g/mol. The molecular formula is C32H46NSi+. The molecule has 1 aromatic heterocycles. The predicted molar refractivity (Wildman–Crippen MR) is 152 cm³/mol. The summed E-state index contributed by atoms with van der Waals surface area (Å²) < 4.78 is 2.35. The molecule has 34 heavy (non-hydrogen) atoms. The van der Waals surface area contributed by atoms with E-state index >= 15 is 0 Å². The summed E-state index contributed by atoms with van der Waals surface area (Å²) in [4.78, 5) is 0. The van der Waals surface area contributed by atoms with Crippen molar-refractivity contribution in [1.29, 1.82) is 0 Å². The summed E-state index contributed by atoms with van der Waals surface area (Å²) in [5, 5.41) is 4.77. The Labute approximate surface area is 209 Å². The number of aromatic nitrogens is 1. The third-order valence-electron chi connectivity index (χ3n) is 9.35. The highest BCUT2D eigenvalue weighted by molar-refractivity contribution is 6.94. The van der Waals surface area contributed by atoms with Gasteiger partial charge in [-0.2, -0.15) is 0 Å². The van der Waals surface area contributed by atoms with Gasteiger partial charge in [0.2, 0.25) is 5.69 Å². The van der Waals surface area contributed by atoms with Gasteiger partial charge in [0.05, 0.1) is 19.0 Å². The first-order valence-corrected chi connectivity index (χ1v) is 16.1. The van der Waals surface area contributed by atoms with E-state index in [0.29, 0.717) is 5.04 Å². The molecule has 4 rings (SSSR count). The quantitative estimate of drug-likeness (QED) is 0.259. The van der Waals surface area contributed by atoms with Crippen LogP contribution in [0.5, 0.6) is 0 Å². The lowest BCUT2D eigenvalue weighted by atomic mass is 9.81. The molecule has 0 unspecified atom stereocenters. The maximum Gasteiger partial charge on any atom is 0.220 e. The largest absolute Gasteiger partial charge is 0.220 e. The minimum absolute atomic E-state index is 0.356. The molecule has 0 saturated heterocycles. The average Bonchev–Trinajstić information content (AvgIpc) is 2.82. The van der Waals surface area contributed by atoms with Crippen LogP contribution in [0.3, 0.4) is 0 Å². The maximum absolute atomic E-state index is 2.55. The third kappa shape index (κ3) is 4.28. The van der Waals surface area contributed by atoms with Crippen LogP contribution in [0, 0.1) is 13.8 Å². The lowest BCUT2D eigenvalue weighted by molar-refractivity contribution is -0.659. The molecule has 0 bridgehead atoms. The summed E-state index contributed by atoms with van der Waals surface area (Å²) in [7, 11) is 0.612. The Morgan fingerprint density at radius 3 is 2.21 bits per heavy atom. The van der Waals surface area contributed by atoms with Gasteiger partial charge in [-0.15, -0.1) is 0 Å².